The summed E-state index contributed by atoms with van der Waals surface area (Å²) in [5.74, 6) is 7.04. The van der Waals surface area contributed by atoms with Crippen LogP contribution in [0.25, 0.3) is 0 Å². The van der Waals surface area contributed by atoms with Crippen LogP contribution in [-0.2, 0) is 15.8 Å². The molecule has 1 aliphatic carbocycles. The highest BCUT2D eigenvalue weighted by atomic mass is 16.5. The fraction of sp³-hybridized carbons (Fsp3) is 0.750. The monoisotopic (exact) mass is 292 g/mol. The highest BCUT2D eigenvalue weighted by molar-refractivity contribution is 5.37. The van der Waals surface area contributed by atoms with Crippen molar-refractivity contribution in [3.8, 4) is 0 Å². The van der Waals surface area contributed by atoms with Gasteiger partial charge in [-0.3, -0.25) is 0 Å². The Kier molecular flexibility index (Phi) is 4.84. The quantitative estimate of drug-likeness (QED) is 0.658. The number of nitrogens with zero attached hydrogens (tertiary/aromatic N) is 2. The molecule has 2 rings (SSSR count). The first kappa shape index (κ1) is 16.2. The molecule has 1 fully saturated rings. The molecule has 0 radical (unpaired) electrons. The zero-order valence-electron chi connectivity index (χ0n) is 13.7. The third-order valence-corrected chi connectivity index (χ3v) is 4.13. The van der Waals surface area contributed by atoms with Crippen molar-refractivity contribution in [1.29, 1.82) is 0 Å². The minimum absolute atomic E-state index is 0.0502. The van der Waals surface area contributed by atoms with E-state index in [2.05, 4.69) is 31.2 Å². The molecular formula is C16H28N4O. The second-order valence-corrected chi connectivity index (χ2v) is 6.84. The Hall–Kier alpha value is -1.20. The molecule has 0 bridgehead atoms. The van der Waals surface area contributed by atoms with Crippen LogP contribution in [0.1, 0.15) is 71.3 Å². The van der Waals surface area contributed by atoms with Crippen molar-refractivity contribution in [2.24, 2.45) is 5.84 Å². The Morgan fingerprint density at radius 2 is 1.90 bits per heavy atom. The SMILES string of the molecule is CCOC1(c2nc(NN)cc(C(C)(C)C)n2)CCCCC1. The Balaban J connectivity index is 2.49. The maximum atomic E-state index is 6.13. The van der Waals surface area contributed by atoms with Gasteiger partial charge in [-0.15, -0.1) is 0 Å². The van der Waals surface area contributed by atoms with Crippen molar-refractivity contribution < 1.29 is 4.74 Å². The number of nitrogens with one attached hydrogen (secondary N) is 1. The topological polar surface area (TPSA) is 73.1 Å². The molecule has 21 heavy (non-hydrogen) atoms. The Labute approximate surface area is 127 Å². The molecule has 1 heterocycles. The van der Waals surface area contributed by atoms with Gasteiger partial charge in [0.2, 0.25) is 0 Å². The third-order valence-electron chi connectivity index (χ3n) is 4.13. The van der Waals surface area contributed by atoms with Crippen LogP contribution in [0.2, 0.25) is 0 Å². The van der Waals surface area contributed by atoms with Gasteiger partial charge in [0, 0.05) is 18.1 Å². The second kappa shape index (κ2) is 6.28. The molecule has 118 valence electrons. The van der Waals surface area contributed by atoms with Gasteiger partial charge in [-0.2, -0.15) is 0 Å². The lowest BCUT2D eigenvalue weighted by Gasteiger charge is -2.36. The predicted octanol–water partition coefficient (Wildman–Crippen LogP) is 3.26. The van der Waals surface area contributed by atoms with E-state index < -0.39 is 0 Å². The van der Waals surface area contributed by atoms with Gasteiger partial charge >= 0.3 is 0 Å². The first-order chi connectivity index (χ1) is 9.91. The summed E-state index contributed by atoms with van der Waals surface area (Å²) in [5.41, 5.74) is 3.26. The molecule has 1 aliphatic rings. The number of ether oxygens (including phenoxy) is 1. The van der Waals surface area contributed by atoms with Crippen molar-refractivity contribution in [2.75, 3.05) is 12.0 Å². The van der Waals surface area contributed by atoms with Gasteiger partial charge in [0.25, 0.3) is 0 Å². The van der Waals surface area contributed by atoms with Gasteiger partial charge in [-0.05, 0) is 19.8 Å². The van der Waals surface area contributed by atoms with E-state index in [9.17, 15) is 0 Å². The number of nitrogen functional groups attached to an aromatic ring is 1. The Bertz CT molecular complexity index is 470. The lowest BCUT2D eigenvalue weighted by Crippen LogP contribution is -2.36. The maximum Gasteiger partial charge on any atom is 0.162 e. The van der Waals surface area contributed by atoms with Crippen LogP contribution in [0.5, 0.6) is 0 Å². The average Bonchev–Trinajstić information content (AvgIpc) is 2.47. The van der Waals surface area contributed by atoms with Gasteiger partial charge < -0.3 is 10.2 Å². The van der Waals surface area contributed by atoms with Gasteiger partial charge in [0.05, 0.1) is 5.69 Å². The van der Waals surface area contributed by atoms with Crippen LogP contribution in [0.3, 0.4) is 0 Å². The van der Waals surface area contributed by atoms with Crippen LogP contribution in [0.15, 0.2) is 6.07 Å². The standard InChI is InChI=1S/C16H28N4O/c1-5-21-16(9-7-6-8-10-16)14-18-12(15(2,3)4)11-13(19-14)20-17/h11H,5-10,17H2,1-4H3,(H,18,19,20). The fourth-order valence-electron chi connectivity index (χ4n) is 2.94. The van der Waals surface area contributed by atoms with Crippen molar-refractivity contribution in [3.63, 3.8) is 0 Å². The minimum Gasteiger partial charge on any atom is -0.367 e. The molecular weight excluding hydrogens is 264 g/mol. The van der Waals surface area contributed by atoms with Crippen molar-refractivity contribution in [3.05, 3.63) is 17.6 Å². The molecule has 0 amide bonds. The van der Waals surface area contributed by atoms with Crippen molar-refractivity contribution in [2.45, 2.75) is 70.8 Å². The summed E-state index contributed by atoms with van der Waals surface area (Å²) in [5, 5.41) is 0. The van der Waals surface area contributed by atoms with E-state index in [4.69, 9.17) is 15.6 Å². The zero-order valence-corrected chi connectivity index (χ0v) is 13.7. The summed E-state index contributed by atoms with van der Waals surface area (Å²) in [7, 11) is 0. The van der Waals surface area contributed by atoms with Crippen LogP contribution in [0.4, 0.5) is 5.82 Å². The maximum absolute atomic E-state index is 6.13. The molecule has 5 heteroatoms. The summed E-state index contributed by atoms with van der Waals surface area (Å²) >= 11 is 0. The summed E-state index contributed by atoms with van der Waals surface area (Å²) in [6, 6.07) is 1.92. The normalized spacial score (nSPS) is 18.5. The molecule has 0 atom stereocenters. The average molecular weight is 292 g/mol. The smallest absolute Gasteiger partial charge is 0.162 e. The Morgan fingerprint density at radius 3 is 2.43 bits per heavy atom. The summed E-state index contributed by atoms with van der Waals surface area (Å²) in [6.07, 6.45) is 5.55. The fourth-order valence-corrected chi connectivity index (χ4v) is 2.94. The number of aromatic nitrogens is 2. The van der Waals surface area contributed by atoms with Gasteiger partial charge in [0.1, 0.15) is 11.4 Å². The van der Waals surface area contributed by atoms with Crippen LogP contribution in [0, 0.1) is 0 Å². The molecule has 1 aromatic rings. The summed E-state index contributed by atoms with van der Waals surface area (Å²) < 4.78 is 6.13. The molecule has 1 aromatic heterocycles. The van der Waals surface area contributed by atoms with E-state index in [0.717, 1.165) is 37.2 Å². The summed E-state index contributed by atoms with van der Waals surface area (Å²) in [4.78, 5) is 9.44. The highest BCUT2D eigenvalue weighted by Gasteiger charge is 2.38. The molecule has 0 unspecified atom stereocenters. The number of anilines is 1. The number of hydrazine groups is 1. The molecule has 0 spiro atoms. The van der Waals surface area contributed by atoms with E-state index in [0.29, 0.717) is 12.4 Å². The molecule has 0 saturated heterocycles. The zero-order chi connectivity index (χ0) is 15.5. The van der Waals surface area contributed by atoms with E-state index in [-0.39, 0.29) is 11.0 Å². The molecule has 5 nitrogen and oxygen atoms in total. The first-order valence-corrected chi connectivity index (χ1v) is 7.92. The van der Waals surface area contributed by atoms with Gasteiger partial charge in [-0.1, -0.05) is 40.0 Å². The van der Waals surface area contributed by atoms with E-state index >= 15 is 0 Å². The highest BCUT2D eigenvalue weighted by Crippen LogP contribution is 2.40. The predicted molar refractivity (Wildman–Crippen MR) is 84.9 cm³/mol. The first-order valence-electron chi connectivity index (χ1n) is 7.92. The van der Waals surface area contributed by atoms with Gasteiger partial charge in [-0.25, -0.2) is 15.8 Å². The summed E-state index contributed by atoms with van der Waals surface area (Å²) in [6.45, 7) is 9.15. The van der Waals surface area contributed by atoms with Crippen LogP contribution < -0.4 is 11.3 Å². The van der Waals surface area contributed by atoms with Crippen molar-refractivity contribution >= 4 is 5.82 Å². The second-order valence-electron chi connectivity index (χ2n) is 6.84. The lowest BCUT2D eigenvalue weighted by molar-refractivity contribution is -0.0768. The largest absolute Gasteiger partial charge is 0.367 e. The lowest BCUT2D eigenvalue weighted by atomic mass is 9.83. The third kappa shape index (κ3) is 3.52. The number of hydrogen-bond donors (Lipinski definition) is 2. The molecule has 1 saturated carbocycles. The number of rotatable bonds is 4. The van der Waals surface area contributed by atoms with Crippen molar-refractivity contribution in [1.82, 2.24) is 9.97 Å². The number of nitrogens with two attached hydrogens (primary N) is 1. The van der Waals surface area contributed by atoms with Gasteiger partial charge in [0.15, 0.2) is 5.82 Å². The van der Waals surface area contributed by atoms with E-state index in [1.54, 1.807) is 0 Å². The Morgan fingerprint density at radius 1 is 1.24 bits per heavy atom. The van der Waals surface area contributed by atoms with E-state index in [1.807, 2.05) is 13.0 Å². The van der Waals surface area contributed by atoms with Crippen LogP contribution in [-0.4, -0.2) is 16.6 Å². The molecule has 3 N–H and O–H groups in total. The number of hydrogen-bond acceptors (Lipinski definition) is 5. The van der Waals surface area contributed by atoms with E-state index in [1.165, 1.54) is 6.42 Å². The van der Waals surface area contributed by atoms with Crippen LogP contribution >= 0.6 is 0 Å². The molecule has 0 aliphatic heterocycles. The minimum atomic E-state index is -0.347. The molecule has 0 aromatic carbocycles.